The van der Waals surface area contributed by atoms with Crippen LogP contribution in [0.2, 0.25) is 0 Å². The second-order valence-electron chi connectivity index (χ2n) is 8.05. The fourth-order valence-electron chi connectivity index (χ4n) is 3.95. The third-order valence-electron chi connectivity index (χ3n) is 5.77. The number of benzene rings is 2. The molecule has 1 aliphatic heterocycles. The molecule has 1 amide bonds. The van der Waals surface area contributed by atoms with Gasteiger partial charge in [-0.1, -0.05) is 36.3 Å². The van der Waals surface area contributed by atoms with Crippen LogP contribution in [-0.4, -0.2) is 51.6 Å². The van der Waals surface area contributed by atoms with E-state index in [9.17, 15) is 9.90 Å². The number of para-hydroxylation sites is 1. The van der Waals surface area contributed by atoms with Crippen molar-refractivity contribution in [1.82, 2.24) is 14.9 Å². The van der Waals surface area contributed by atoms with Crippen molar-refractivity contribution >= 4 is 17.5 Å². The van der Waals surface area contributed by atoms with Crippen molar-refractivity contribution in [2.45, 2.75) is 19.4 Å². The number of nitrogens with zero attached hydrogens (tertiary/aromatic N) is 3. The molecular formula is C26H27N5O3. The number of nitrogens with one attached hydrogen (secondary N) is 1. The molecule has 2 aromatic carbocycles. The number of hydrogen-bond donors (Lipinski definition) is 3. The zero-order valence-electron chi connectivity index (χ0n) is 18.9. The summed E-state index contributed by atoms with van der Waals surface area (Å²) in [5.41, 5.74) is 7.74. The maximum atomic E-state index is 12.0. The SMILES string of the molecule is CC#CC(=O)N1CC[C@@H](CNc2ncnc(N)c2-c2ccc(Oc3ccccc3)cc2)[C@H](O)C1. The number of hydrogen-bond acceptors (Lipinski definition) is 7. The smallest absolute Gasteiger partial charge is 0.298 e. The van der Waals surface area contributed by atoms with Gasteiger partial charge in [0, 0.05) is 25.6 Å². The largest absolute Gasteiger partial charge is 0.457 e. The number of nitrogen functional groups attached to an aromatic ring is 1. The predicted molar refractivity (Wildman–Crippen MR) is 131 cm³/mol. The molecule has 0 bridgehead atoms. The molecule has 174 valence electrons. The molecule has 2 heterocycles. The third kappa shape index (κ3) is 5.45. The minimum Gasteiger partial charge on any atom is -0.457 e. The summed E-state index contributed by atoms with van der Waals surface area (Å²) in [5.74, 6) is 7.26. The molecule has 1 aliphatic rings. The van der Waals surface area contributed by atoms with Crippen LogP contribution < -0.4 is 15.8 Å². The van der Waals surface area contributed by atoms with Crippen LogP contribution in [0.4, 0.5) is 11.6 Å². The van der Waals surface area contributed by atoms with E-state index in [0.717, 1.165) is 11.3 Å². The van der Waals surface area contributed by atoms with Gasteiger partial charge in [-0.05, 0) is 49.1 Å². The van der Waals surface area contributed by atoms with Gasteiger partial charge < -0.3 is 25.8 Å². The summed E-state index contributed by atoms with van der Waals surface area (Å²) in [4.78, 5) is 22.1. The normalized spacial score (nSPS) is 17.4. The molecule has 2 atom stereocenters. The standard InChI is InChI=1S/C26H27N5O3/c1-2-6-23(33)31-14-13-19(22(32)16-31)15-28-26-24(25(27)29-17-30-26)18-9-11-21(12-10-18)34-20-7-4-3-5-8-20/h3-5,7-12,17,19,22,32H,13-16H2,1H3,(H3,27,28,29,30)/t19-,22+/m0/s1. The second kappa shape index (κ2) is 10.7. The summed E-state index contributed by atoms with van der Waals surface area (Å²) in [6.45, 7) is 2.93. The second-order valence-corrected chi connectivity index (χ2v) is 8.05. The molecule has 1 aromatic heterocycles. The van der Waals surface area contributed by atoms with Crippen molar-refractivity contribution < 1.29 is 14.6 Å². The van der Waals surface area contributed by atoms with Gasteiger partial charge in [-0.25, -0.2) is 9.97 Å². The molecule has 8 heteroatoms. The number of ether oxygens (including phenoxy) is 1. The topological polar surface area (TPSA) is 114 Å². The van der Waals surface area contributed by atoms with Crippen molar-refractivity contribution in [2.24, 2.45) is 5.92 Å². The van der Waals surface area contributed by atoms with Gasteiger partial charge in [0.2, 0.25) is 0 Å². The van der Waals surface area contributed by atoms with Gasteiger partial charge in [0.15, 0.2) is 0 Å². The Morgan fingerprint density at radius 3 is 2.62 bits per heavy atom. The molecule has 1 saturated heterocycles. The van der Waals surface area contributed by atoms with E-state index >= 15 is 0 Å². The number of β-amino-alcohol motifs (C(OH)–C–C–N with tert-alkyl or cyclic N) is 1. The fraction of sp³-hybridized carbons (Fsp3) is 0.269. The monoisotopic (exact) mass is 457 g/mol. The molecule has 4 N–H and O–H groups in total. The number of aliphatic hydroxyl groups is 1. The van der Waals surface area contributed by atoms with E-state index < -0.39 is 6.10 Å². The van der Waals surface area contributed by atoms with Crippen LogP contribution in [0.3, 0.4) is 0 Å². The van der Waals surface area contributed by atoms with Gasteiger partial charge in [-0.3, -0.25) is 4.79 Å². The maximum absolute atomic E-state index is 12.0. The lowest BCUT2D eigenvalue weighted by Gasteiger charge is -2.35. The summed E-state index contributed by atoms with van der Waals surface area (Å²) in [6, 6.07) is 17.1. The van der Waals surface area contributed by atoms with Gasteiger partial charge in [0.1, 0.15) is 29.5 Å². The molecule has 0 aliphatic carbocycles. The van der Waals surface area contributed by atoms with Crippen molar-refractivity contribution in [3.05, 3.63) is 60.9 Å². The third-order valence-corrected chi connectivity index (χ3v) is 5.77. The van der Waals surface area contributed by atoms with E-state index in [4.69, 9.17) is 10.5 Å². The van der Waals surface area contributed by atoms with Crippen LogP contribution in [0.5, 0.6) is 11.5 Å². The lowest BCUT2D eigenvalue weighted by atomic mass is 9.93. The number of nitrogens with two attached hydrogens (primary N) is 1. The van der Waals surface area contributed by atoms with Crippen LogP contribution in [0.25, 0.3) is 11.1 Å². The minimum atomic E-state index is -0.652. The average molecular weight is 458 g/mol. The van der Waals surface area contributed by atoms with Gasteiger partial charge >= 0.3 is 0 Å². The number of anilines is 2. The molecule has 0 saturated carbocycles. The summed E-state index contributed by atoms with van der Waals surface area (Å²) in [6.07, 6.45) is 1.42. The number of amides is 1. The van der Waals surface area contributed by atoms with Gasteiger partial charge in [-0.2, -0.15) is 0 Å². The Kier molecular flexibility index (Phi) is 7.25. The number of piperidine rings is 1. The zero-order valence-corrected chi connectivity index (χ0v) is 18.9. The number of rotatable bonds is 6. The Hall–Kier alpha value is -4.09. The van der Waals surface area contributed by atoms with E-state index in [1.807, 2.05) is 54.6 Å². The minimum absolute atomic E-state index is 0.0377. The average Bonchev–Trinajstić information content (AvgIpc) is 2.85. The molecule has 4 rings (SSSR count). The molecule has 8 nitrogen and oxygen atoms in total. The molecule has 0 unspecified atom stereocenters. The predicted octanol–water partition coefficient (Wildman–Crippen LogP) is 3.16. The van der Waals surface area contributed by atoms with E-state index in [-0.39, 0.29) is 18.4 Å². The van der Waals surface area contributed by atoms with Gasteiger partial charge in [0.25, 0.3) is 5.91 Å². The summed E-state index contributed by atoms with van der Waals surface area (Å²) in [5, 5.41) is 13.9. The maximum Gasteiger partial charge on any atom is 0.298 e. The lowest BCUT2D eigenvalue weighted by molar-refractivity contribution is -0.129. The zero-order chi connectivity index (χ0) is 23.9. The Balaban J connectivity index is 1.44. The Bertz CT molecular complexity index is 1190. The van der Waals surface area contributed by atoms with Gasteiger partial charge in [-0.15, -0.1) is 0 Å². The Labute approximate surface area is 198 Å². The Morgan fingerprint density at radius 1 is 1.18 bits per heavy atom. The number of likely N-dealkylation sites (tertiary alicyclic amines) is 1. The van der Waals surface area contributed by atoms with E-state index in [0.29, 0.717) is 42.5 Å². The number of carbonyl (C=O) groups excluding carboxylic acids is 1. The van der Waals surface area contributed by atoms with Crippen LogP contribution >= 0.6 is 0 Å². The molecule has 34 heavy (non-hydrogen) atoms. The highest BCUT2D eigenvalue weighted by Crippen LogP contribution is 2.33. The number of aliphatic hydroxyl groups excluding tert-OH is 1. The van der Waals surface area contributed by atoms with E-state index in [2.05, 4.69) is 27.1 Å². The lowest BCUT2D eigenvalue weighted by Crippen LogP contribution is -2.48. The first kappa shape index (κ1) is 23.1. The highest BCUT2D eigenvalue weighted by molar-refractivity contribution is 5.93. The number of aromatic nitrogens is 2. The quantitative estimate of drug-likeness (QED) is 0.487. The highest BCUT2D eigenvalue weighted by atomic mass is 16.5. The Morgan fingerprint density at radius 2 is 1.91 bits per heavy atom. The summed E-state index contributed by atoms with van der Waals surface area (Å²) >= 11 is 0. The molecular weight excluding hydrogens is 430 g/mol. The molecule has 0 spiro atoms. The van der Waals surface area contributed by atoms with Crippen molar-refractivity contribution in [1.29, 1.82) is 0 Å². The molecule has 3 aromatic rings. The molecule has 1 fully saturated rings. The fourth-order valence-corrected chi connectivity index (χ4v) is 3.95. The van der Waals surface area contributed by atoms with Crippen molar-refractivity contribution in [3.63, 3.8) is 0 Å². The molecule has 0 radical (unpaired) electrons. The first-order valence-electron chi connectivity index (χ1n) is 11.1. The van der Waals surface area contributed by atoms with Gasteiger partial charge in [0.05, 0.1) is 11.7 Å². The van der Waals surface area contributed by atoms with E-state index in [1.54, 1.807) is 11.8 Å². The van der Waals surface area contributed by atoms with Crippen LogP contribution in [0, 0.1) is 17.8 Å². The highest BCUT2D eigenvalue weighted by Gasteiger charge is 2.29. The number of carbonyl (C=O) groups is 1. The first-order chi connectivity index (χ1) is 16.5. The van der Waals surface area contributed by atoms with Crippen molar-refractivity contribution in [2.75, 3.05) is 30.7 Å². The first-order valence-corrected chi connectivity index (χ1v) is 11.1. The summed E-state index contributed by atoms with van der Waals surface area (Å²) in [7, 11) is 0. The van der Waals surface area contributed by atoms with E-state index in [1.165, 1.54) is 6.33 Å². The van der Waals surface area contributed by atoms with Crippen molar-refractivity contribution in [3.8, 4) is 34.5 Å². The van der Waals surface area contributed by atoms with Crippen LogP contribution in [-0.2, 0) is 4.79 Å². The summed E-state index contributed by atoms with van der Waals surface area (Å²) < 4.78 is 5.87. The van der Waals surface area contributed by atoms with Crippen LogP contribution in [0.15, 0.2) is 60.9 Å². The van der Waals surface area contributed by atoms with Crippen LogP contribution in [0.1, 0.15) is 13.3 Å².